The number of hydrogen-bond donors (Lipinski definition) is 0. The van der Waals surface area contributed by atoms with Gasteiger partial charge in [-0.15, -0.1) is 0 Å². The molecule has 0 radical (unpaired) electrons. The summed E-state index contributed by atoms with van der Waals surface area (Å²) in [5, 5.41) is 0. The number of alkyl halides is 5. The molecule has 0 saturated heterocycles. The third-order valence-electron chi connectivity index (χ3n) is 8.83. The van der Waals surface area contributed by atoms with E-state index in [1.54, 1.807) is 18.2 Å². The molecule has 1 nitrogen and oxygen atoms in total. The maximum absolute atomic E-state index is 15.3. The van der Waals surface area contributed by atoms with Crippen LogP contribution in [0.25, 0.3) is 22.3 Å². The van der Waals surface area contributed by atoms with Crippen molar-refractivity contribution in [3.8, 4) is 28.0 Å². The summed E-state index contributed by atoms with van der Waals surface area (Å²) < 4.78 is 117. The van der Waals surface area contributed by atoms with E-state index in [9.17, 15) is 26.3 Å². The predicted octanol–water partition coefficient (Wildman–Crippen LogP) is 12.4. The number of unbranched alkanes of at least 4 members (excludes halogenated alkanes) is 2. The van der Waals surface area contributed by atoms with Crippen LogP contribution in [0, 0.1) is 23.4 Å². The first-order valence-corrected chi connectivity index (χ1v) is 15.5. The lowest BCUT2D eigenvalue weighted by atomic mass is 9.77. The van der Waals surface area contributed by atoms with Crippen LogP contribution in [-0.4, -0.2) is 0 Å². The van der Waals surface area contributed by atoms with E-state index in [1.807, 2.05) is 6.07 Å². The van der Waals surface area contributed by atoms with Gasteiger partial charge in [0.1, 0.15) is 23.2 Å². The SMILES string of the molecule is CCCCCC1CCC(c2ccc(-c3ccc(-c4ccc(C(F)(F)Oc5ccc(C(F)(F)F)c(F)c5)cc4)c(F)c3)c(F)c2)CC1. The molecule has 0 heterocycles. The summed E-state index contributed by atoms with van der Waals surface area (Å²) in [6.45, 7) is 2.20. The van der Waals surface area contributed by atoms with E-state index in [1.165, 1.54) is 49.9 Å². The highest BCUT2D eigenvalue weighted by Crippen LogP contribution is 2.40. The quantitative estimate of drug-likeness (QED) is 0.123. The molecule has 0 N–H and O–H groups in total. The maximum atomic E-state index is 15.3. The molecule has 1 saturated carbocycles. The molecule has 0 aromatic heterocycles. The topological polar surface area (TPSA) is 9.23 Å². The Hall–Kier alpha value is -3.88. The largest absolute Gasteiger partial charge is 0.429 e. The Morgan fingerprint density at radius 1 is 0.652 bits per heavy atom. The molecular formula is C37H34F8O. The van der Waals surface area contributed by atoms with E-state index in [-0.39, 0.29) is 22.8 Å². The summed E-state index contributed by atoms with van der Waals surface area (Å²) in [4.78, 5) is 0. The van der Waals surface area contributed by atoms with Crippen LogP contribution in [0.4, 0.5) is 35.1 Å². The Kier molecular flexibility index (Phi) is 10.1. The summed E-state index contributed by atoms with van der Waals surface area (Å²) in [6.07, 6.45) is 0.340. The molecule has 9 heteroatoms. The molecule has 0 aliphatic heterocycles. The molecule has 244 valence electrons. The van der Waals surface area contributed by atoms with Crippen LogP contribution >= 0.6 is 0 Å². The van der Waals surface area contributed by atoms with Crippen LogP contribution < -0.4 is 4.74 Å². The first kappa shape index (κ1) is 33.5. The lowest BCUT2D eigenvalue weighted by Crippen LogP contribution is -2.22. The van der Waals surface area contributed by atoms with Crippen molar-refractivity contribution in [1.29, 1.82) is 0 Å². The van der Waals surface area contributed by atoms with E-state index < -0.39 is 46.6 Å². The fourth-order valence-corrected chi connectivity index (χ4v) is 6.24. The summed E-state index contributed by atoms with van der Waals surface area (Å²) in [7, 11) is 0. The highest BCUT2D eigenvalue weighted by Gasteiger charge is 2.37. The van der Waals surface area contributed by atoms with E-state index in [0.29, 0.717) is 23.6 Å². The van der Waals surface area contributed by atoms with Crippen molar-refractivity contribution in [1.82, 2.24) is 0 Å². The zero-order valence-electron chi connectivity index (χ0n) is 25.2. The minimum absolute atomic E-state index is 0.0945. The van der Waals surface area contributed by atoms with Gasteiger partial charge in [-0.05, 0) is 90.6 Å². The molecule has 4 aromatic rings. The number of ether oxygens (including phenoxy) is 1. The molecular weight excluding hydrogens is 612 g/mol. The van der Waals surface area contributed by atoms with Crippen molar-refractivity contribution in [3.05, 3.63) is 113 Å². The molecule has 4 aromatic carbocycles. The van der Waals surface area contributed by atoms with Gasteiger partial charge in [0.05, 0.1) is 11.1 Å². The first-order valence-electron chi connectivity index (χ1n) is 15.5. The number of rotatable bonds is 10. The molecule has 0 amide bonds. The van der Waals surface area contributed by atoms with Gasteiger partial charge < -0.3 is 4.74 Å². The average molecular weight is 647 g/mol. The predicted molar refractivity (Wildman–Crippen MR) is 162 cm³/mol. The van der Waals surface area contributed by atoms with Gasteiger partial charge in [-0.2, -0.15) is 22.0 Å². The van der Waals surface area contributed by atoms with Crippen molar-refractivity contribution in [3.63, 3.8) is 0 Å². The van der Waals surface area contributed by atoms with E-state index in [0.717, 1.165) is 49.3 Å². The van der Waals surface area contributed by atoms with Crippen molar-refractivity contribution in [2.75, 3.05) is 0 Å². The Balaban J connectivity index is 1.25. The molecule has 0 spiro atoms. The van der Waals surface area contributed by atoms with Crippen LogP contribution in [0.5, 0.6) is 5.75 Å². The van der Waals surface area contributed by atoms with Gasteiger partial charge in [-0.1, -0.05) is 69.0 Å². The highest BCUT2D eigenvalue weighted by atomic mass is 19.4. The second-order valence-electron chi connectivity index (χ2n) is 12.0. The van der Waals surface area contributed by atoms with Crippen LogP contribution in [0.15, 0.2) is 78.9 Å². The molecule has 0 atom stereocenters. The van der Waals surface area contributed by atoms with E-state index in [4.69, 9.17) is 0 Å². The van der Waals surface area contributed by atoms with Crippen LogP contribution in [-0.2, 0) is 12.3 Å². The van der Waals surface area contributed by atoms with Crippen LogP contribution in [0.2, 0.25) is 0 Å². The standard InChI is InChI=1S/C37H34F8O/c1-2-3-4-5-23-6-8-24(9-7-23)26-12-17-31(33(38)20-26)27-13-18-30(34(39)21-27)25-10-14-28(15-11-25)37(44,45)46-29-16-19-32(35(40)22-29)36(41,42)43/h10-24H,2-9H2,1H3. The summed E-state index contributed by atoms with van der Waals surface area (Å²) in [5.41, 5.74) is -0.386. The summed E-state index contributed by atoms with van der Waals surface area (Å²) in [6, 6.07) is 14.9. The third kappa shape index (κ3) is 7.73. The number of hydrogen-bond acceptors (Lipinski definition) is 1. The Morgan fingerprint density at radius 3 is 1.89 bits per heavy atom. The normalized spacial score (nSPS) is 17.2. The number of benzene rings is 4. The van der Waals surface area contributed by atoms with Crippen molar-refractivity contribution < 1.29 is 39.9 Å². The highest BCUT2D eigenvalue weighted by molar-refractivity contribution is 5.71. The van der Waals surface area contributed by atoms with Crippen molar-refractivity contribution in [2.45, 2.75) is 76.5 Å². The van der Waals surface area contributed by atoms with Crippen LogP contribution in [0.3, 0.4) is 0 Å². The van der Waals surface area contributed by atoms with Crippen molar-refractivity contribution >= 4 is 0 Å². The average Bonchev–Trinajstić information content (AvgIpc) is 3.01. The van der Waals surface area contributed by atoms with Gasteiger partial charge in [0.25, 0.3) is 0 Å². The minimum Gasteiger partial charge on any atom is -0.429 e. The van der Waals surface area contributed by atoms with Gasteiger partial charge in [0.15, 0.2) is 0 Å². The summed E-state index contributed by atoms with van der Waals surface area (Å²) >= 11 is 0. The van der Waals surface area contributed by atoms with E-state index >= 15 is 8.78 Å². The minimum atomic E-state index is -4.99. The second kappa shape index (κ2) is 13.9. The first-order chi connectivity index (χ1) is 21.9. The molecule has 1 aliphatic carbocycles. The van der Waals surface area contributed by atoms with Crippen molar-refractivity contribution in [2.24, 2.45) is 5.92 Å². The van der Waals surface area contributed by atoms with Crippen LogP contribution in [0.1, 0.15) is 80.9 Å². The lowest BCUT2D eigenvalue weighted by molar-refractivity contribution is -0.185. The second-order valence-corrected chi connectivity index (χ2v) is 12.0. The molecule has 1 fully saturated rings. The molecule has 1 aliphatic rings. The van der Waals surface area contributed by atoms with Gasteiger partial charge >= 0.3 is 12.3 Å². The third-order valence-corrected chi connectivity index (χ3v) is 8.83. The Labute approximate surface area is 263 Å². The monoisotopic (exact) mass is 646 g/mol. The van der Waals surface area contributed by atoms with Gasteiger partial charge in [-0.25, -0.2) is 13.2 Å². The fraction of sp³-hybridized carbons (Fsp3) is 0.351. The maximum Gasteiger partial charge on any atom is 0.426 e. The molecule has 0 bridgehead atoms. The molecule has 46 heavy (non-hydrogen) atoms. The Morgan fingerprint density at radius 2 is 1.28 bits per heavy atom. The van der Waals surface area contributed by atoms with Gasteiger partial charge in [-0.3, -0.25) is 0 Å². The zero-order valence-corrected chi connectivity index (χ0v) is 25.2. The number of halogens is 8. The molecule has 5 rings (SSSR count). The fourth-order valence-electron chi connectivity index (χ4n) is 6.24. The Bertz CT molecular complexity index is 1640. The summed E-state index contributed by atoms with van der Waals surface area (Å²) in [5.74, 6) is -2.62. The zero-order chi connectivity index (χ0) is 33.1. The smallest absolute Gasteiger partial charge is 0.426 e. The lowest BCUT2D eigenvalue weighted by Gasteiger charge is -2.29. The molecule has 0 unspecified atom stereocenters. The van der Waals surface area contributed by atoms with Gasteiger partial charge in [0.2, 0.25) is 0 Å². The van der Waals surface area contributed by atoms with Gasteiger partial charge in [0, 0.05) is 17.2 Å². The van der Waals surface area contributed by atoms with E-state index in [2.05, 4.69) is 11.7 Å².